The number of rotatable bonds is 3. The molecule has 0 fully saturated rings. The van der Waals surface area contributed by atoms with E-state index in [0.717, 1.165) is 33.6 Å². The van der Waals surface area contributed by atoms with Crippen molar-refractivity contribution in [2.24, 2.45) is 0 Å². The van der Waals surface area contributed by atoms with Crippen LogP contribution in [0.3, 0.4) is 0 Å². The van der Waals surface area contributed by atoms with Crippen LogP contribution in [0.15, 0.2) is 41.6 Å². The molecule has 0 bridgehead atoms. The van der Waals surface area contributed by atoms with Gasteiger partial charge in [-0.15, -0.1) is 0 Å². The highest BCUT2D eigenvalue weighted by Gasteiger charge is 2.14. The Labute approximate surface area is 150 Å². The van der Waals surface area contributed by atoms with Gasteiger partial charge in [0.25, 0.3) is 0 Å². The number of sulfone groups is 1. The summed E-state index contributed by atoms with van der Waals surface area (Å²) in [5.74, 6) is 0.837. The highest BCUT2D eigenvalue weighted by atomic mass is 32.2. The molecule has 0 amide bonds. The molecule has 0 radical (unpaired) electrons. The lowest BCUT2D eigenvalue weighted by Crippen LogP contribution is -2.06. The van der Waals surface area contributed by atoms with Crippen LogP contribution in [0.4, 0.5) is 0 Å². The Balaban J connectivity index is 1.84. The molecule has 0 atom stereocenters. The third-order valence-electron chi connectivity index (χ3n) is 4.31. The van der Waals surface area contributed by atoms with Gasteiger partial charge in [-0.05, 0) is 38.1 Å². The Kier molecular flexibility index (Phi) is 3.73. The molecule has 0 spiro atoms. The van der Waals surface area contributed by atoms with Crippen LogP contribution in [0.25, 0.3) is 22.1 Å². The first-order valence-corrected chi connectivity index (χ1v) is 9.96. The van der Waals surface area contributed by atoms with E-state index in [9.17, 15) is 8.42 Å². The zero-order chi connectivity index (χ0) is 18.5. The summed E-state index contributed by atoms with van der Waals surface area (Å²) in [4.78, 5) is 18.0. The predicted octanol–water partition coefficient (Wildman–Crippen LogP) is 2.44. The van der Waals surface area contributed by atoms with Gasteiger partial charge in [0.05, 0.1) is 28.8 Å². The molecule has 8 heteroatoms. The van der Waals surface area contributed by atoms with Crippen molar-refractivity contribution in [2.45, 2.75) is 25.3 Å². The predicted molar refractivity (Wildman–Crippen MR) is 98.8 cm³/mol. The number of hydrogen-bond donors (Lipinski definition) is 0. The third-order valence-corrected chi connectivity index (χ3v) is 5.41. The summed E-state index contributed by atoms with van der Waals surface area (Å²) in [7, 11) is -3.26. The van der Waals surface area contributed by atoms with Crippen molar-refractivity contribution in [3.8, 4) is 0 Å². The van der Waals surface area contributed by atoms with Gasteiger partial charge in [0, 0.05) is 23.5 Å². The zero-order valence-corrected chi connectivity index (χ0v) is 15.4. The van der Waals surface area contributed by atoms with Gasteiger partial charge in [-0.1, -0.05) is 0 Å². The van der Waals surface area contributed by atoms with Gasteiger partial charge in [-0.3, -0.25) is 4.98 Å². The molecule has 0 saturated heterocycles. The summed E-state index contributed by atoms with van der Waals surface area (Å²) in [5.41, 5.74) is 4.09. The normalized spacial score (nSPS) is 12.1. The minimum Gasteiger partial charge on any atom is -0.321 e. The average Bonchev–Trinajstić information content (AvgIpc) is 2.90. The molecule has 0 aliphatic heterocycles. The lowest BCUT2D eigenvalue weighted by Gasteiger charge is -2.09. The highest BCUT2D eigenvalue weighted by Crippen LogP contribution is 2.24. The molecule has 4 aromatic heterocycles. The Morgan fingerprint density at radius 3 is 2.50 bits per heavy atom. The average molecular weight is 367 g/mol. The fourth-order valence-corrected chi connectivity index (χ4v) is 3.55. The van der Waals surface area contributed by atoms with Crippen LogP contribution in [0.1, 0.15) is 17.2 Å². The van der Waals surface area contributed by atoms with Gasteiger partial charge in [-0.2, -0.15) is 0 Å². The number of aryl methyl sites for hydroxylation is 2. The van der Waals surface area contributed by atoms with Gasteiger partial charge in [0.2, 0.25) is 0 Å². The molecular formula is C18H17N5O2S. The van der Waals surface area contributed by atoms with E-state index in [4.69, 9.17) is 0 Å². The second-order valence-electron chi connectivity index (χ2n) is 6.32. The van der Waals surface area contributed by atoms with Crippen molar-refractivity contribution < 1.29 is 8.42 Å². The molecule has 0 aromatic carbocycles. The summed E-state index contributed by atoms with van der Waals surface area (Å²) in [6.45, 7) is 4.35. The molecule has 4 rings (SSSR count). The number of hydrogen-bond acceptors (Lipinski definition) is 6. The maximum Gasteiger partial charge on any atom is 0.177 e. The largest absolute Gasteiger partial charge is 0.321 e. The molecule has 0 aliphatic rings. The minimum absolute atomic E-state index is 0.211. The number of pyridine rings is 3. The van der Waals surface area contributed by atoms with Crippen molar-refractivity contribution >= 4 is 31.9 Å². The molecule has 26 heavy (non-hydrogen) atoms. The van der Waals surface area contributed by atoms with E-state index in [0.29, 0.717) is 12.2 Å². The van der Waals surface area contributed by atoms with Gasteiger partial charge in [0.1, 0.15) is 11.3 Å². The minimum atomic E-state index is -3.26. The maximum absolute atomic E-state index is 11.6. The van der Waals surface area contributed by atoms with Crippen LogP contribution in [0.2, 0.25) is 0 Å². The van der Waals surface area contributed by atoms with Crippen LogP contribution in [0.5, 0.6) is 0 Å². The van der Waals surface area contributed by atoms with Crippen molar-refractivity contribution in [3.05, 3.63) is 53.9 Å². The van der Waals surface area contributed by atoms with Crippen LogP contribution < -0.4 is 0 Å². The number of nitrogens with zero attached hydrogens (tertiary/aromatic N) is 5. The van der Waals surface area contributed by atoms with Crippen LogP contribution in [-0.2, 0) is 16.4 Å². The molecule has 0 unspecified atom stereocenters. The molecule has 4 aromatic rings. The van der Waals surface area contributed by atoms with Crippen LogP contribution >= 0.6 is 0 Å². The Morgan fingerprint density at radius 2 is 1.81 bits per heavy atom. The first-order chi connectivity index (χ1) is 12.3. The van der Waals surface area contributed by atoms with Gasteiger partial charge in [-0.25, -0.2) is 23.4 Å². The van der Waals surface area contributed by atoms with E-state index in [-0.39, 0.29) is 4.90 Å². The fourth-order valence-electron chi connectivity index (χ4n) is 2.99. The quantitative estimate of drug-likeness (QED) is 0.552. The standard InChI is InChI=1S/C18H17N5O2S/c1-11-4-7-15-17-16(9-20-18(15)21-11)22-12(2)23(17)10-13-5-6-14(8-19-13)26(3,24)25/h4-9H,10H2,1-3H3. The van der Waals surface area contributed by atoms with Crippen molar-refractivity contribution in [1.82, 2.24) is 24.5 Å². The molecule has 0 aliphatic carbocycles. The molecule has 7 nitrogen and oxygen atoms in total. The second-order valence-corrected chi connectivity index (χ2v) is 8.33. The molecular weight excluding hydrogens is 350 g/mol. The van der Waals surface area contributed by atoms with E-state index < -0.39 is 9.84 Å². The number of imidazole rings is 1. The van der Waals surface area contributed by atoms with E-state index in [2.05, 4.69) is 24.5 Å². The Hall–Kier alpha value is -2.87. The first kappa shape index (κ1) is 16.6. The van der Waals surface area contributed by atoms with Crippen molar-refractivity contribution in [1.29, 1.82) is 0 Å². The smallest absolute Gasteiger partial charge is 0.177 e. The third kappa shape index (κ3) is 2.82. The van der Waals surface area contributed by atoms with Crippen LogP contribution in [-0.4, -0.2) is 39.2 Å². The van der Waals surface area contributed by atoms with Crippen molar-refractivity contribution in [2.75, 3.05) is 6.26 Å². The topological polar surface area (TPSA) is 90.6 Å². The highest BCUT2D eigenvalue weighted by molar-refractivity contribution is 7.90. The first-order valence-electron chi connectivity index (χ1n) is 8.07. The summed E-state index contributed by atoms with van der Waals surface area (Å²) in [5, 5.41) is 0.932. The number of fused-ring (bicyclic) bond motifs is 3. The zero-order valence-electron chi connectivity index (χ0n) is 14.6. The van der Waals surface area contributed by atoms with Gasteiger partial charge >= 0.3 is 0 Å². The van der Waals surface area contributed by atoms with E-state index in [1.165, 1.54) is 12.5 Å². The lowest BCUT2D eigenvalue weighted by atomic mass is 10.2. The fraction of sp³-hybridized carbons (Fsp3) is 0.222. The van der Waals surface area contributed by atoms with Gasteiger partial charge in [0.15, 0.2) is 15.5 Å². The number of aromatic nitrogens is 5. The van der Waals surface area contributed by atoms with Crippen molar-refractivity contribution in [3.63, 3.8) is 0 Å². The Bertz CT molecular complexity index is 1240. The maximum atomic E-state index is 11.6. The monoisotopic (exact) mass is 367 g/mol. The van der Waals surface area contributed by atoms with Crippen LogP contribution in [0, 0.1) is 13.8 Å². The summed E-state index contributed by atoms with van der Waals surface area (Å²) in [6, 6.07) is 7.27. The summed E-state index contributed by atoms with van der Waals surface area (Å²) in [6.07, 6.45) is 4.29. The molecule has 132 valence electrons. The second kappa shape index (κ2) is 5.84. The van der Waals surface area contributed by atoms with Gasteiger partial charge < -0.3 is 4.57 Å². The van der Waals surface area contributed by atoms with E-state index in [1.54, 1.807) is 18.3 Å². The lowest BCUT2D eigenvalue weighted by molar-refractivity contribution is 0.601. The SMILES string of the molecule is Cc1ccc2c(ncc3nc(C)n(Cc4ccc(S(C)(=O)=O)cn4)c32)n1. The van der Waals surface area contributed by atoms with E-state index in [1.807, 2.05) is 26.0 Å². The summed E-state index contributed by atoms with van der Waals surface area (Å²) >= 11 is 0. The molecule has 0 N–H and O–H groups in total. The summed E-state index contributed by atoms with van der Waals surface area (Å²) < 4.78 is 25.2. The molecule has 0 saturated carbocycles. The molecule has 4 heterocycles. The Morgan fingerprint density at radius 1 is 1.00 bits per heavy atom. The van der Waals surface area contributed by atoms with E-state index >= 15 is 0 Å².